The van der Waals surface area contributed by atoms with Crippen LogP contribution in [0.5, 0.6) is 5.88 Å². The third-order valence-electron chi connectivity index (χ3n) is 3.75. The first kappa shape index (κ1) is 12.7. The van der Waals surface area contributed by atoms with E-state index in [0.717, 1.165) is 0 Å². The van der Waals surface area contributed by atoms with Crippen molar-refractivity contribution in [3.8, 4) is 5.88 Å². The van der Waals surface area contributed by atoms with Gasteiger partial charge in [0.1, 0.15) is 18.4 Å². The monoisotopic (exact) mass is 273 g/mol. The van der Waals surface area contributed by atoms with E-state index in [1.807, 2.05) is 0 Å². The zero-order valence-corrected chi connectivity index (χ0v) is 10.4. The van der Waals surface area contributed by atoms with E-state index in [4.69, 9.17) is 4.74 Å². The molecule has 1 aromatic rings. The van der Waals surface area contributed by atoms with E-state index in [-0.39, 0.29) is 25.1 Å². The Morgan fingerprint density at radius 1 is 1.42 bits per heavy atom. The highest BCUT2D eigenvalue weighted by Gasteiger charge is 2.47. The largest absolute Gasteiger partial charge is 0.474 e. The first-order chi connectivity index (χ1) is 8.87. The van der Waals surface area contributed by atoms with E-state index < -0.39 is 24.3 Å². The van der Waals surface area contributed by atoms with E-state index in [0.29, 0.717) is 16.7 Å². The van der Waals surface area contributed by atoms with E-state index >= 15 is 0 Å². The topological polar surface area (TPSA) is 42.4 Å². The molecule has 3 rings (SSSR count). The second-order valence-electron chi connectivity index (χ2n) is 5.31. The molecule has 0 spiro atoms. The maximum atomic E-state index is 13.6. The smallest absolute Gasteiger partial charge is 0.255 e. The molecule has 3 nitrogen and oxygen atoms in total. The Balaban J connectivity index is 1.85. The van der Waals surface area contributed by atoms with Crippen molar-refractivity contribution in [1.82, 2.24) is 4.98 Å². The second-order valence-corrected chi connectivity index (χ2v) is 5.31. The van der Waals surface area contributed by atoms with Crippen LogP contribution in [-0.4, -0.2) is 28.3 Å². The summed E-state index contributed by atoms with van der Waals surface area (Å²) in [5.41, 5.74) is 1.69. The van der Waals surface area contributed by atoms with Crippen LogP contribution in [0.15, 0.2) is 6.20 Å². The summed E-state index contributed by atoms with van der Waals surface area (Å²) in [6.07, 6.45) is -2.32. The molecule has 2 aliphatic rings. The Morgan fingerprint density at radius 3 is 2.74 bits per heavy atom. The fraction of sp³-hybridized carbons (Fsp3) is 0.615. The number of alkyl halides is 3. The van der Waals surface area contributed by atoms with Crippen molar-refractivity contribution in [3.05, 3.63) is 22.9 Å². The van der Waals surface area contributed by atoms with Gasteiger partial charge in [-0.05, 0) is 18.1 Å². The van der Waals surface area contributed by atoms with Gasteiger partial charge in [0.15, 0.2) is 0 Å². The molecular formula is C13H14F3NO2. The zero-order valence-electron chi connectivity index (χ0n) is 10.4. The first-order valence-corrected chi connectivity index (χ1v) is 6.22. The minimum absolute atomic E-state index is 0.0175. The van der Waals surface area contributed by atoms with Crippen LogP contribution in [0.3, 0.4) is 0 Å². The van der Waals surface area contributed by atoms with Gasteiger partial charge in [-0.25, -0.2) is 18.2 Å². The summed E-state index contributed by atoms with van der Waals surface area (Å²) in [5, 5.41) is 9.77. The highest BCUT2D eigenvalue weighted by atomic mass is 19.3. The quantitative estimate of drug-likeness (QED) is 0.900. The number of halogens is 3. The van der Waals surface area contributed by atoms with Crippen LogP contribution in [0.25, 0.3) is 0 Å². The third kappa shape index (κ3) is 2.08. The van der Waals surface area contributed by atoms with Crippen molar-refractivity contribution < 1.29 is 23.0 Å². The molecule has 1 aromatic heterocycles. The normalized spacial score (nSPS) is 28.9. The van der Waals surface area contributed by atoms with Gasteiger partial charge in [-0.15, -0.1) is 0 Å². The predicted molar refractivity (Wildman–Crippen MR) is 61.1 cm³/mol. The van der Waals surface area contributed by atoms with E-state index in [1.54, 1.807) is 6.92 Å². The van der Waals surface area contributed by atoms with Crippen LogP contribution >= 0.6 is 0 Å². The molecule has 19 heavy (non-hydrogen) atoms. The van der Waals surface area contributed by atoms with Crippen molar-refractivity contribution in [1.29, 1.82) is 0 Å². The molecule has 0 saturated heterocycles. The van der Waals surface area contributed by atoms with Crippen molar-refractivity contribution in [2.45, 2.75) is 50.5 Å². The van der Waals surface area contributed by atoms with Crippen LogP contribution in [0.2, 0.25) is 0 Å². The maximum absolute atomic E-state index is 13.6. The summed E-state index contributed by atoms with van der Waals surface area (Å²) in [6.45, 7) is 1.73. The van der Waals surface area contributed by atoms with Gasteiger partial charge in [0, 0.05) is 31.0 Å². The fourth-order valence-corrected chi connectivity index (χ4v) is 2.70. The summed E-state index contributed by atoms with van der Waals surface area (Å²) < 4.78 is 44.5. The second kappa shape index (κ2) is 4.10. The Labute approximate surface area is 108 Å². The number of aliphatic hydroxyl groups is 1. The SMILES string of the molecule is Cc1cnc(OC2CC(F)(F)C2)c2c1[C@H](O)[C@H](F)C2. The van der Waals surface area contributed by atoms with Crippen molar-refractivity contribution in [3.63, 3.8) is 0 Å². The van der Waals surface area contributed by atoms with E-state index in [1.165, 1.54) is 6.20 Å². The van der Waals surface area contributed by atoms with Crippen molar-refractivity contribution in [2.24, 2.45) is 0 Å². The van der Waals surface area contributed by atoms with Gasteiger partial charge in [-0.1, -0.05) is 0 Å². The number of aryl methyl sites for hydroxylation is 1. The van der Waals surface area contributed by atoms with Crippen LogP contribution < -0.4 is 4.74 Å². The lowest BCUT2D eigenvalue weighted by atomic mass is 9.91. The predicted octanol–water partition coefficient (Wildman–Crippen LogP) is 2.49. The standard InChI is InChI=1S/C13H14F3NO2/c1-6-5-17-12(19-7-3-13(15,16)4-7)8-2-9(14)11(18)10(6)8/h5,7,9,11,18H,2-4H2,1H3/t9-,11-/m1/s1. The summed E-state index contributed by atoms with van der Waals surface area (Å²) in [7, 11) is 0. The molecule has 1 heterocycles. The van der Waals surface area contributed by atoms with Crippen molar-refractivity contribution in [2.75, 3.05) is 0 Å². The number of ether oxygens (including phenoxy) is 1. The third-order valence-corrected chi connectivity index (χ3v) is 3.75. The van der Waals surface area contributed by atoms with Gasteiger partial charge in [0.25, 0.3) is 5.92 Å². The van der Waals surface area contributed by atoms with Gasteiger partial charge in [-0.2, -0.15) is 0 Å². The Hall–Kier alpha value is -1.30. The summed E-state index contributed by atoms with van der Waals surface area (Å²) in [6, 6.07) is 0. The molecule has 104 valence electrons. The molecule has 0 amide bonds. The molecule has 1 N–H and O–H groups in total. The molecule has 0 aliphatic heterocycles. The van der Waals surface area contributed by atoms with E-state index in [9.17, 15) is 18.3 Å². The summed E-state index contributed by atoms with van der Waals surface area (Å²) in [5.74, 6) is -2.49. The number of aliphatic hydroxyl groups excluding tert-OH is 1. The Morgan fingerprint density at radius 2 is 2.11 bits per heavy atom. The average molecular weight is 273 g/mol. The molecule has 2 aliphatic carbocycles. The minimum Gasteiger partial charge on any atom is -0.474 e. The average Bonchev–Trinajstić information content (AvgIpc) is 2.58. The molecule has 0 aromatic carbocycles. The number of rotatable bonds is 2. The van der Waals surface area contributed by atoms with E-state index in [2.05, 4.69) is 4.98 Å². The molecule has 1 fully saturated rings. The molecule has 0 radical (unpaired) electrons. The van der Waals surface area contributed by atoms with Crippen LogP contribution in [0.1, 0.15) is 35.6 Å². The number of aromatic nitrogens is 1. The van der Waals surface area contributed by atoms with Crippen LogP contribution in [-0.2, 0) is 6.42 Å². The van der Waals surface area contributed by atoms with Gasteiger partial charge in [0.2, 0.25) is 5.88 Å². The van der Waals surface area contributed by atoms with Crippen LogP contribution in [0.4, 0.5) is 13.2 Å². The molecule has 0 unspecified atom stereocenters. The lowest BCUT2D eigenvalue weighted by molar-refractivity contribution is -0.135. The summed E-state index contributed by atoms with van der Waals surface area (Å²) >= 11 is 0. The van der Waals surface area contributed by atoms with Crippen molar-refractivity contribution >= 4 is 0 Å². The lowest BCUT2D eigenvalue weighted by Crippen LogP contribution is -2.43. The molecule has 6 heteroatoms. The van der Waals surface area contributed by atoms with Gasteiger partial charge < -0.3 is 9.84 Å². The zero-order chi connectivity index (χ0) is 13.8. The maximum Gasteiger partial charge on any atom is 0.255 e. The number of hydrogen-bond acceptors (Lipinski definition) is 3. The Kier molecular flexibility index (Phi) is 2.74. The number of fused-ring (bicyclic) bond motifs is 1. The number of hydrogen-bond donors (Lipinski definition) is 1. The highest BCUT2D eigenvalue weighted by Crippen LogP contribution is 2.43. The van der Waals surface area contributed by atoms with Crippen LogP contribution in [0, 0.1) is 6.92 Å². The molecule has 0 bridgehead atoms. The van der Waals surface area contributed by atoms with Gasteiger partial charge in [-0.3, -0.25) is 0 Å². The molecule has 2 atom stereocenters. The first-order valence-electron chi connectivity index (χ1n) is 6.22. The summed E-state index contributed by atoms with van der Waals surface area (Å²) in [4.78, 5) is 4.04. The lowest BCUT2D eigenvalue weighted by Gasteiger charge is -2.34. The minimum atomic E-state index is -2.67. The van der Waals surface area contributed by atoms with Gasteiger partial charge in [0.05, 0.1) is 0 Å². The molecule has 1 saturated carbocycles. The fourth-order valence-electron chi connectivity index (χ4n) is 2.70. The Bertz CT molecular complexity index is 513. The molecular weight excluding hydrogens is 259 g/mol. The number of pyridine rings is 1. The van der Waals surface area contributed by atoms with Gasteiger partial charge >= 0.3 is 0 Å². The number of nitrogens with zero attached hydrogens (tertiary/aromatic N) is 1. The highest BCUT2D eigenvalue weighted by molar-refractivity contribution is 5.45.